The summed E-state index contributed by atoms with van der Waals surface area (Å²) in [5.41, 5.74) is 1.91. The van der Waals surface area contributed by atoms with Crippen LogP contribution in [0, 0.1) is 0 Å². The summed E-state index contributed by atoms with van der Waals surface area (Å²) in [5, 5.41) is 6.54. The van der Waals surface area contributed by atoms with Gasteiger partial charge in [0.25, 0.3) is 0 Å². The van der Waals surface area contributed by atoms with Gasteiger partial charge in [0.05, 0.1) is 28.4 Å². The first-order valence-corrected chi connectivity index (χ1v) is 9.13. The first-order valence-electron chi connectivity index (χ1n) is 9.13. The molecular formula is C21H29N3O4. The van der Waals surface area contributed by atoms with Crippen molar-refractivity contribution in [2.75, 3.05) is 46.8 Å². The smallest absolute Gasteiger partial charge is 0.195 e. The third-order valence-electron chi connectivity index (χ3n) is 4.13. The Kier molecular flexibility index (Phi) is 8.27. The molecule has 0 bridgehead atoms. The van der Waals surface area contributed by atoms with Crippen molar-refractivity contribution in [1.82, 2.24) is 5.32 Å². The fraction of sp³-hybridized carbons (Fsp3) is 0.381. The molecule has 0 saturated heterocycles. The molecule has 152 valence electrons. The van der Waals surface area contributed by atoms with Crippen molar-refractivity contribution in [3.63, 3.8) is 0 Å². The van der Waals surface area contributed by atoms with E-state index in [0.29, 0.717) is 24.0 Å². The molecule has 0 spiro atoms. The van der Waals surface area contributed by atoms with Crippen LogP contribution in [0.3, 0.4) is 0 Å². The number of benzene rings is 2. The first-order chi connectivity index (χ1) is 13.6. The average Bonchev–Trinajstić information content (AvgIpc) is 2.73. The summed E-state index contributed by atoms with van der Waals surface area (Å²) in [7, 11) is 6.54. The second-order valence-corrected chi connectivity index (χ2v) is 5.88. The summed E-state index contributed by atoms with van der Waals surface area (Å²) in [6.45, 7) is 3.37. The molecule has 0 aliphatic heterocycles. The summed E-state index contributed by atoms with van der Waals surface area (Å²) in [5.74, 6) is 3.66. The van der Waals surface area contributed by atoms with E-state index < -0.39 is 0 Å². The van der Waals surface area contributed by atoms with Gasteiger partial charge in [0.15, 0.2) is 17.5 Å². The van der Waals surface area contributed by atoms with Crippen LogP contribution in [0.4, 0.5) is 5.69 Å². The van der Waals surface area contributed by atoms with Crippen LogP contribution in [0.2, 0.25) is 0 Å². The van der Waals surface area contributed by atoms with Gasteiger partial charge in [-0.3, -0.25) is 4.99 Å². The van der Waals surface area contributed by atoms with Gasteiger partial charge in [-0.1, -0.05) is 0 Å². The lowest BCUT2D eigenvalue weighted by Gasteiger charge is -2.14. The van der Waals surface area contributed by atoms with Crippen LogP contribution in [0.15, 0.2) is 41.4 Å². The zero-order valence-electron chi connectivity index (χ0n) is 17.2. The Bertz CT molecular complexity index is 793. The van der Waals surface area contributed by atoms with Gasteiger partial charge in [-0.2, -0.15) is 0 Å². The average molecular weight is 387 g/mol. The van der Waals surface area contributed by atoms with Crippen molar-refractivity contribution in [2.45, 2.75) is 13.3 Å². The molecule has 0 unspecified atom stereocenters. The molecule has 7 heteroatoms. The third kappa shape index (κ3) is 5.70. The molecule has 28 heavy (non-hydrogen) atoms. The maximum absolute atomic E-state index is 5.43. The molecule has 0 amide bonds. The SMILES string of the molecule is CCNC(=NCCc1cc(OC)ccc1OC)Nc1ccc(OC)c(OC)c1. The van der Waals surface area contributed by atoms with Crippen molar-refractivity contribution in [1.29, 1.82) is 0 Å². The van der Waals surface area contributed by atoms with Crippen LogP contribution in [0.5, 0.6) is 23.0 Å². The van der Waals surface area contributed by atoms with Gasteiger partial charge >= 0.3 is 0 Å². The van der Waals surface area contributed by atoms with Gasteiger partial charge in [-0.15, -0.1) is 0 Å². The first kappa shape index (κ1) is 21.2. The predicted molar refractivity (Wildman–Crippen MR) is 112 cm³/mol. The van der Waals surface area contributed by atoms with E-state index in [2.05, 4.69) is 15.6 Å². The normalized spacial score (nSPS) is 11.0. The van der Waals surface area contributed by atoms with E-state index in [1.807, 2.05) is 43.3 Å². The Morgan fingerprint density at radius 2 is 1.57 bits per heavy atom. The van der Waals surface area contributed by atoms with Crippen molar-refractivity contribution >= 4 is 11.6 Å². The minimum absolute atomic E-state index is 0.589. The van der Waals surface area contributed by atoms with Crippen LogP contribution < -0.4 is 29.6 Å². The monoisotopic (exact) mass is 387 g/mol. The number of hydrogen-bond acceptors (Lipinski definition) is 5. The van der Waals surface area contributed by atoms with E-state index in [4.69, 9.17) is 18.9 Å². The lowest BCUT2D eigenvalue weighted by atomic mass is 10.1. The number of anilines is 1. The highest BCUT2D eigenvalue weighted by Gasteiger charge is 2.07. The highest BCUT2D eigenvalue weighted by molar-refractivity contribution is 5.93. The van der Waals surface area contributed by atoms with Gasteiger partial charge < -0.3 is 29.6 Å². The molecule has 0 aliphatic rings. The summed E-state index contributed by atoms with van der Waals surface area (Å²) < 4.78 is 21.4. The number of ether oxygens (including phenoxy) is 4. The Morgan fingerprint density at radius 3 is 2.21 bits per heavy atom. The summed E-state index contributed by atoms with van der Waals surface area (Å²) in [4.78, 5) is 4.66. The van der Waals surface area contributed by atoms with Gasteiger partial charge in [0.1, 0.15) is 11.5 Å². The van der Waals surface area contributed by atoms with Gasteiger partial charge in [-0.25, -0.2) is 0 Å². The van der Waals surface area contributed by atoms with E-state index >= 15 is 0 Å². The van der Waals surface area contributed by atoms with Crippen molar-refractivity contribution in [3.05, 3.63) is 42.0 Å². The minimum Gasteiger partial charge on any atom is -0.497 e. The zero-order valence-corrected chi connectivity index (χ0v) is 17.2. The van der Waals surface area contributed by atoms with Crippen LogP contribution in [-0.4, -0.2) is 47.5 Å². The number of aliphatic imine (C=N–C) groups is 1. The van der Waals surface area contributed by atoms with E-state index in [0.717, 1.165) is 35.7 Å². The molecule has 2 aromatic carbocycles. The number of rotatable bonds is 9. The standard InChI is InChI=1S/C21H29N3O4/c1-6-22-21(24-16-7-9-19(27-4)20(14-16)28-5)23-12-11-15-13-17(25-2)8-10-18(15)26-3/h7-10,13-14H,6,11-12H2,1-5H3,(H2,22,23,24). The van der Waals surface area contributed by atoms with Crippen molar-refractivity contribution in [2.24, 2.45) is 4.99 Å². The molecular weight excluding hydrogens is 358 g/mol. The number of methoxy groups -OCH3 is 4. The molecule has 2 N–H and O–H groups in total. The van der Waals surface area contributed by atoms with E-state index in [1.54, 1.807) is 28.4 Å². The highest BCUT2D eigenvalue weighted by atomic mass is 16.5. The van der Waals surface area contributed by atoms with E-state index in [-0.39, 0.29) is 0 Å². The Morgan fingerprint density at radius 1 is 0.857 bits per heavy atom. The maximum Gasteiger partial charge on any atom is 0.195 e. The van der Waals surface area contributed by atoms with Crippen LogP contribution in [0.25, 0.3) is 0 Å². The Labute approximate surface area is 166 Å². The third-order valence-corrected chi connectivity index (χ3v) is 4.13. The Hall–Kier alpha value is -3.09. The maximum atomic E-state index is 5.43. The lowest BCUT2D eigenvalue weighted by molar-refractivity contribution is 0.355. The zero-order chi connectivity index (χ0) is 20.4. The number of hydrogen-bond donors (Lipinski definition) is 2. The molecule has 0 heterocycles. The molecule has 2 aromatic rings. The molecule has 0 atom stereocenters. The highest BCUT2D eigenvalue weighted by Crippen LogP contribution is 2.29. The van der Waals surface area contributed by atoms with E-state index in [1.165, 1.54) is 0 Å². The fourth-order valence-corrected chi connectivity index (χ4v) is 2.72. The van der Waals surface area contributed by atoms with E-state index in [9.17, 15) is 0 Å². The van der Waals surface area contributed by atoms with Gasteiger partial charge in [0, 0.05) is 24.8 Å². The van der Waals surface area contributed by atoms with Gasteiger partial charge in [0.2, 0.25) is 0 Å². The van der Waals surface area contributed by atoms with Crippen LogP contribution in [0.1, 0.15) is 12.5 Å². The second-order valence-electron chi connectivity index (χ2n) is 5.88. The lowest BCUT2D eigenvalue weighted by Crippen LogP contribution is -2.30. The summed E-state index contributed by atoms with van der Waals surface area (Å²) in [6.07, 6.45) is 0.725. The quantitative estimate of drug-likeness (QED) is 0.508. The predicted octanol–water partition coefficient (Wildman–Crippen LogP) is 3.34. The second kappa shape index (κ2) is 10.9. The molecule has 0 aliphatic carbocycles. The van der Waals surface area contributed by atoms with Crippen LogP contribution in [-0.2, 0) is 6.42 Å². The van der Waals surface area contributed by atoms with Crippen molar-refractivity contribution in [3.8, 4) is 23.0 Å². The fourth-order valence-electron chi connectivity index (χ4n) is 2.72. The number of guanidine groups is 1. The molecule has 0 aromatic heterocycles. The molecule has 0 saturated carbocycles. The number of nitrogens with one attached hydrogen (secondary N) is 2. The largest absolute Gasteiger partial charge is 0.497 e. The van der Waals surface area contributed by atoms with Crippen LogP contribution >= 0.6 is 0 Å². The topological polar surface area (TPSA) is 73.3 Å². The molecule has 2 rings (SSSR count). The summed E-state index contributed by atoms with van der Waals surface area (Å²) in [6, 6.07) is 11.4. The summed E-state index contributed by atoms with van der Waals surface area (Å²) >= 11 is 0. The molecule has 0 radical (unpaired) electrons. The minimum atomic E-state index is 0.589. The number of nitrogens with zero attached hydrogens (tertiary/aromatic N) is 1. The van der Waals surface area contributed by atoms with Crippen molar-refractivity contribution < 1.29 is 18.9 Å². The van der Waals surface area contributed by atoms with Gasteiger partial charge in [-0.05, 0) is 49.2 Å². The Balaban J connectivity index is 2.11. The molecule has 7 nitrogen and oxygen atoms in total. The molecule has 0 fully saturated rings.